The van der Waals surface area contributed by atoms with Gasteiger partial charge in [-0.3, -0.25) is 9.36 Å². The fraction of sp³-hybridized carbons (Fsp3) is 0.282. The van der Waals surface area contributed by atoms with Gasteiger partial charge < -0.3 is 50.0 Å². The van der Waals surface area contributed by atoms with Crippen LogP contribution in [0.1, 0.15) is 15.9 Å². The fourth-order valence-electron chi connectivity index (χ4n) is 5.70. The highest BCUT2D eigenvalue weighted by Crippen LogP contribution is 2.38. The Bertz CT molecular complexity index is 2120. The molecular formula is C39H41F3N4O9S. The molecule has 0 fully saturated rings. The second kappa shape index (κ2) is 18.6. The van der Waals surface area contributed by atoms with Crippen LogP contribution in [0.15, 0.2) is 84.1 Å². The van der Waals surface area contributed by atoms with Gasteiger partial charge in [-0.25, -0.2) is 18.2 Å². The van der Waals surface area contributed by atoms with Crippen LogP contribution < -0.4 is 24.4 Å². The summed E-state index contributed by atoms with van der Waals surface area (Å²) in [5.74, 6) is -1.50. The van der Waals surface area contributed by atoms with Crippen LogP contribution in [0, 0.1) is 17.5 Å². The fourth-order valence-corrected chi connectivity index (χ4v) is 6.71. The molecule has 0 aliphatic heterocycles. The van der Waals surface area contributed by atoms with Crippen molar-refractivity contribution in [2.24, 2.45) is 0 Å². The molecule has 0 aliphatic rings. The summed E-state index contributed by atoms with van der Waals surface area (Å²) in [5.41, 5.74) is 1.69. The van der Waals surface area contributed by atoms with Crippen molar-refractivity contribution in [2.45, 2.75) is 35.3 Å². The molecule has 4 aromatic carbocycles. The van der Waals surface area contributed by atoms with Crippen LogP contribution in [0.25, 0.3) is 16.8 Å². The van der Waals surface area contributed by atoms with Crippen LogP contribution in [0.3, 0.4) is 0 Å². The maximum absolute atomic E-state index is 15.6. The molecule has 5 aromatic rings. The van der Waals surface area contributed by atoms with Crippen LogP contribution in [0.2, 0.25) is 0 Å². The summed E-state index contributed by atoms with van der Waals surface area (Å²) in [4.78, 5) is 19.0. The molecule has 0 spiro atoms. The van der Waals surface area contributed by atoms with E-state index in [1.807, 2.05) is 11.0 Å². The lowest BCUT2D eigenvalue weighted by Crippen LogP contribution is -2.49. The van der Waals surface area contributed by atoms with E-state index in [0.29, 0.717) is 39.4 Å². The zero-order valence-corrected chi connectivity index (χ0v) is 31.5. The lowest BCUT2D eigenvalue weighted by molar-refractivity contribution is -0.113. The van der Waals surface area contributed by atoms with Gasteiger partial charge in [-0.05, 0) is 59.7 Å². The number of halogens is 3. The minimum absolute atomic E-state index is 0.0144. The maximum atomic E-state index is 15.6. The van der Waals surface area contributed by atoms with E-state index in [4.69, 9.17) is 19.3 Å². The van der Waals surface area contributed by atoms with Gasteiger partial charge in [0.25, 0.3) is 5.91 Å². The number of benzene rings is 4. The second-order valence-corrected chi connectivity index (χ2v) is 13.4. The smallest absolute Gasteiger partial charge is 0.251 e. The molecule has 0 bridgehead atoms. The van der Waals surface area contributed by atoms with Gasteiger partial charge in [-0.15, -0.1) is 0 Å². The highest BCUT2D eigenvalue weighted by atomic mass is 32.2. The van der Waals surface area contributed by atoms with Gasteiger partial charge in [0.05, 0.1) is 45.9 Å². The molecule has 17 heteroatoms. The van der Waals surface area contributed by atoms with E-state index >= 15 is 8.78 Å². The Hall–Kier alpha value is -5.30. The first-order valence-corrected chi connectivity index (χ1v) is 18.0. The van der Waals surface area contributed by atoms with Crippen molar-refractivity contribution in [3.05, 3.63) is 108 Å². The van der Waals surface area contributed by atoms with Gasteiger partial charge in [0, 0.05) is 48.3 Å². The van der Waals surface area contributed by atoms with Crippen molar-refractivity contribution in [3.8, 4) is 34.1 Å². The second-order valence-electron chi connectivity index (χ2n) is 12.4. The van der Waals surface area contributed by atoms with Crippen LogP contribution in [-0.2, 0) is 5.75 Å². The van der Waals surface area contributed by atoms with Gasteiger partial charge in [-0.1, -0.05) is 23.9 Å². The molecule has 1 amide bonds. The largest absolute Gasteiger partial charge is 0.494 e. The molecule has 0 unspecified atom stereocenters. The summed E-state index contributed by atoms with van der Waals surface area (Å²) in [6.07, 6.45) is -5.46. The minimum atomic E-state index is -1.85. The van der Waals surface area contributed by atoms with Gasteiger partial charge in [0.15, 0.2) is 28.2 Å². The highest BCUT2D eigenvalue weighted by molar-refractivity contribution is 7.98. The number of aromatic nitrogens is 2. The maximum Gasteiger partial charge on any atom is 0.251 e. The van der Waals surface area contributed by atoms with E-state index < -0.39 is 60.9 Å². The topological polar surface area (TPSA) is 179 Å². The van der Waals surface area contributed by atoms with Crippen molar-refractivity contribution in [2.75, 3.05) is 46.4 Å². The molecular weight excluding hydrogens is 758 g/mol. The number of imidazole rings is 1. The Kier molecular flexibility index (Phi) is 13.9. The lowest BCUT2D eigenvalue weighted by Gasteiger charge is -2.25. The normalized spacial score (nSPS) is 13.4. The summed E-state index contributed by atoms with van der Waals surface area (Å²) >= 11 is 1.06. The molecule has 4 atom stereocenters. The lowest BCUT2D eigenvalue weighted by atomic mass is 10.0. The molecule has 6 N–H and O–H groups in total. The average Bonchev–Trinajstić information content (AvgIpc) is 3.64. The number of aliphatic hydroxyl groups is 5. The van der Waals surface area contributed by atoms with Gasteiger partial charge in [-0.2, -0.15) is 0 Å². The number of ether oxygens (including phenoxy) is 3. The van der Waals surface area contributed by atoms with Gasteiger partial charge in [0.2, 0.25) is 0 Å². The Morgan fingerprint density at radius 2 is 1.45 bits per heavy atom. The number of nitrogens with zero attached hydrogens (tertiary/aromatic N) is 3. The molecule has 0 saturated carbocycles. The first-order chi connectivity index (χ1) is 26.8. The van der Waals surface area contributed by atoms with E-state index in [0.717, 1.165) is 11.8 Å². The Labute approximate surface area is 324 Å². The number of carbonyl (C=O) groups excluding carboxylic acids is 1. The third-order valence-electron chi connectivity index (χ3n) is 8.97. The Morgan fingerprint density at radius 3 is 2.07 bits per heavy atom. The van der Waals surface area contributed by atoms with Crippen LogP contribution >= 0.6 is 11.8 Å². The average molecular weight is 799 g/mol. The SMILES string of the molecule is COc1cc(-n2c(N(C)c3ccc(OC)c(OC)c3)cnc2SCc2c(F)cc(-c3ccc(C(=O)NC[C@H](O)[C@@H](O)[C@H](O)[C@H](O)CO)cc3)cc2F)ccc1F. The standard InChI is InChI=1S/C39H41F3N4O9S/c1-45(24-10-12-32(53-2)34(15-24)55-4)35-18-44-39(46(35)25-9-11-27(40)33(16-25)54-3)56-20-26-28(41)13-23(14-29(26)42)21-5-7-22(8-6-21)38(52)43-17-30(48)36(50)37(51)31(49)19-47/h5-16,18,30-31,36-37,47-51H,17,19-20H2,1-4H3,(H,43,52)/t30-,31+,36+,37+/m0/s1. The Morgan fingerprint density at radius 1 is 0.804 bits per heavy atom. The molecule has 13 nitrogen and oxygen atoms in total. The summed E-state index contributed by atoms with van der Waals surface area (Å²) in [7, 11) is 6.17. The number of anilines is 2. The number of carbonyl (C=O) groups is 1. The molecule has 1 aromatic heterocycles. The molecule has 56 heavy (non-hydrogen) atoms. The van der Waals surface area contributed by atoms with Crippen molar-refractivity contribution in [1.82, 2.24) is 14.9 Å². The molecule has 298 valence electrons. The van der Waals surface area contributed by atoms with Crippen molar-refractivity contribution in [3.63, 3.8) is 0 Å². The molecule has 0 aliphatic carbocycles. The number of rotatable bonds is 17. The summed E-state index contributed by atoms with van der Waals surface area (Å²) in [6.45, 7) is -1.33. The van der Waals surface area contributed by atoms with Gasteiger partial charge in [0.1, 0.15) is 35.8 Å². The number of hydrogen-bond donors (Lipinski definition) is 6. The quantitative estimate of drug-likeness (QED) is 0.0740. The number of thioether (sulfide) groups is 1. The van der Waals surface area contributed by atoms with E-state index in [1.54, 1.807) is 29.9 Å². The van der Waals surface area contributed by atoms with Crippen molar-refractivity contribution >= 4 is 29.2 Å². The van der Waals surface area contributed by atoms with E-state index in [9.17, 15) is 29.6 Å². The summed E-state index contributed by atoms with van der Waals surface area (Å²) in [5, 5.41) is 50.9. The van der Waals surface area contributed by atoms with Gasteiger partial charge >= 0.3 is 0 Å². The summed E-state index contributed by atoms with van der Waals surface area (Å²) < 4.78 is 63.4. The first-order valence-electron chi connectivity index (χ1n) is 17.0. The molecule has 0 radical (unpaired) electrons. The number of amides is 1. The molecule has 0 saturated heterocycles. The monoisotopic (exact) mass is 798 g/mol. The van der Waals surface area contributed by atoms with Crippen molar-refractivity contribution in [1.29, 1.82) is 0 Å². The van der Waals surface area contributed by atoms with Crippen LogP contribution in [-0.4, -0.2) is 107 Å². The molecule has 5 rings (SSSR count). The highest BCUT2D eigenvalue weighted by Gasteiger charge is 2.30. The zero-order valence-electron chi connectivity index (χ0n) is 30.7. The van der Waals surface area contributed by atoms with Crippen LogP contribution in [0.4, 0.5) is 24.7 Å². The minimum Gasteiger partial charge on any atom is -0.494 e. The third kappa shape index (κ3) is 9.21. The first kappa shape index (κ1) is 41.9. The number of methoxy groups -OCH3 is 3. The number of aliphatic hydroxyl groups excluding tert-OH is 5. The third-order valence-corrected chi connectivity index (χ3v) is 9.95. The Balaban J connectivity index is 1.34. The predicted molar refractivity (Wildman–Crippen MR) is 202 cm³/mol. The van der Waals surface area contributed by atoms with Crippen LogP contribution in [0.5, 0.6) is 17.2 Å². The van der Waals surface area contributed by atoms with Crippen molar-refractivity contribution < 1.29 is 57.7 Å². The number of hydrogen-bond acceptors (Lipinski definition) is 12. The van der Waals surface area contributed by atoms with E-state index in [-0.39, 0.29) is 28.2 Å². The van der Waals surface area contributed by atoms with E-state index in [2.05, 4.69) is 10.3 Å². The molecule has 1 heterocycles. The number of nitrogens with one attached hydrogen (secondary N) is 1. The summed E-state index contributed by atoms with van der Waals surface area (Å²) in [6, 6.07) is 17.7. The predicted octanol–water partition coefficient (Wildman–Crippen LogP) is 4.21. The zero-order chi connectivity index (χ0) is 40.7. The van der Waals surface area contributed by atoms with E-state index in [1.165, 1.54) is 75.9 Å².